The number of ether oxygens (including phenoxy) is 4. The quantitative estimate of drug-likeness (QED) is 0.279. The molecule has 34 heavy (non-hydrogen) atoms. The molecule has 0 saturated carbocycles. The molecule has 0 saturated heterocycles. The summed E-state index contributed by atoms with van der Waals surface area (Å²) in [6.07, 6.45) is 0.500. The number of methoxy groups -OCH3 is 1. The van der Waals surface area contributed by atoms with E-state index in [1.54, 1.807) is 6.07 Å². The van der Waals surface area contributed by atoms with Gasteiger partial charge in [0, 0.05) is 18.7 Å². The SMILES string of the molecule is CCOc1ccc(CCNC(=O)COC(=O)c2cc(C(=O)OC)cc([N+](=O)[O-])c2)cc1OCC. The maximum atomic E-state index is 12.3. The monoisotopic (exact) mass is 474 g/mol. The van der Waals surface area contributed by atoms with Gasteiger partial charge in [-0.3, -0.25) is 14.9 Å². The van der Waals surface area contributed by atoms with E-state index in [1.807, 2.05) is 26.0 Å². The van der Waals surface area contributed by atoms with E-state index >= 15 is 0 Å². The minimum absolute atomic E-state index is 0.185. The van der Waals surface area contributed by atoms with E-state index in [1.165, 1.54) is 0 Å². The highest BCUT2D eigenvalue weighted by Gasteiger charge is 2.20. The van der Waals surface area contributed by atoms with Gasteiger partial charge in [0.25, 0.3) is 11.6 Å². The van der Waals surface area contributed by atoms with Crippen molar-refractivity contribution in [3.05, 3.63) is 63.2 Å². The van der Waals surface area contributed by atoms with Crippen molar-refractivity contribution in [2.45, 2.75) is 20.3 Å². The number of amides is 1. The van der Waals surface area contributed by atoms with Gasteiger partial charge in [0.05, 0.1) is 36.4 Å². The number of non-ortho nitro benzene ring substituents is 1. The van der Waals surface area contributed by atoms with Crippen LogP contribution in [0.3, 0.4) is 0 Å². The number of benzene rings is 2. The number of nitro benzene ring substituents is 1. The Hall–Kier alpha value is -4.15. The molecule has 0 aliphatic heterocycles. The average molecular weight is 474 g/mol. The molecule has 0 aliphatic rings. The molecule has 0 bridgehead atoms. The van der Waals surface area contributed by atoms with Crippen LogP contribution in [0.5, 0.6) is 11.5 Å². The largest absolute Gasteiger partial charge is 0.490 e. The minimum Gasteiger partial charge on any atom is -0.490 e. The van der Waals surface area contributed by atoms with Crippen LogP contribution in [0, 0.1) is 10.1 Å². The number of nitro groups is 1. The molecule has 0 radical (unpaired) electrons. The fourth-order valence-corrected chi connectivity index (χ4v) is 2.93. The molecular formula is C23H26N2O9. The van der Waals surface area contributed by atoms with Crippen molar-refractivity contribution < 1.29 is 38.3 Å². The Morgan fingerprint density at radius 3 is 2.21 bits per heavy atom. The summed E-state index contributed by atoms with van der Waals surface area (Å²) in [4.78, 5) is 46.3. The van der Waals surface area contributed by atoms with Crippen molar-refractivity contribution >= 4 is 23.5 Å². The van der Waals surface area contributed by atoms with Crippen LogP contribution < -0.4 is 14.8 Å². The first-order valence-corrected chi connectivity index (χ1v) is 10.5. The molecule has 0 unspecified atom stereocenters. The topological polar surface area (TPSA) is 143 Å². The molecule has 0 fully saturated rings. The Morgan fingerprint density at radius 1 is 0.941 bits per heavy atom. The Morgan fingerprint density at radius 2 is 1.59 bits per heavy atom. The van der Waals surface area contributed by atoms with Gasteiger partial charge in [0.1, 0.15) is 0 Å². The highest BCUT2D eigenvalue weighted by atomic mass is 16.6. The smallest absolute Gasteiger partial charge is 0.338 e. The minimum atomic E-state index is -0.989. The van der Waals surface area contributed by atoms with Gasteiger partial charge in [0.2, 0.25) is 0 Å². The maximum absolute atomic E-state index is 12.3. The molecule has 1 amide bonds. The summed E-state index contributed by atoms with van der Waals surface area (Å²) in [6, 6.07) is 8.53. The highest BCUT2D eigenvalue weighted by molar-refractivity contribution is 5.97. The van der Waals surface area contributed by atoms with Crippen molar-refractivity contribution in [2.24, 2.45) is 0 Å². The summed E-state index contributed by atoms with van der Waals surface area (Å²) in [5, 5.41) is 13.7. The van der Waals surface area contributed by atoms with Crippen molar-refractivity contribution in [3.63, 3.8) is 0 Å². The summed E-state index contributed by atoms with van der Waals surface area (Å²) in [5.74, 6) is -1.14. The number of esters is 2. The van der Waals surface area contributed by atoms with Crippen LogP contribution >= 0.6 is 0 Å². The van der Waals surface area contributed by atoms with Gasteiger partial charge in [-0.25, -0.2) is 9.59 Å². The fraction of sp³-hybridized carbons (Fsp3) is 0.348. The second kappa shape index (κ2) is 12.8. The number of nitrogens with zero attached hydrogens (tertiary/aromatic N) is 1. The lowest BCUT2D eigenvalue weighted by molar-refractivity contribution is -0.384. The van der Waals surface area contributed by atoms with Crippen molar-refractivity contribution in [3.8, 4) is 11.5 Å². The van der Waals surface area contributed by atoms with E-state index in [0.717, 1.165) is 30.9 Å². The van der Waals surface area contributed by atoms with Crippen LogP contribution in [0.2, 0.25) is 0 Å². The second-order valence-corrected chi connectivity index (χ2v) is 6.84. The predicted octanol–water partition coefficient (Wildman–Crippen LogP) is 2.69. The van der Waals surface area contributed by atoms with Crippen molar-refractivity contribution in [1.82, 2.24) is 5.32 Å². The molecule has 2 rings (SSSR count). The zero-order chi connectivity index (χ0) is 25.1. The lowest BCUT2D eigenvalue weighted by Gasteiger charge is -2.12. The summed E-state index contributed by atoms with van der Waals surface area (Å²) in [6.45, 7) is 4.42. The fourth-order valence-electron chi connectivity index (χ4n) is 2.93. The Balaban J connectivity index is 1.91. The average Bonchev–Trinajstić information content (AvgIpc) is 2.83. The van der Waals surface area contributed by atoms with Crippen LogP contribution in [0.25, 0.3) is 0 Å². The van der Waals surface area contributed by atoms with E-state index in [2.05, 4.69) is 10.1 Å². The molecule has 2 aromatic rings. The van der Waals surface area contributed by atoms with Gasteiger partial charge in [-0.1, -0.05) is 6.07 Å². The molecule has 0 spiro atoms. The van der Waals surface area contributed by atoms with Crippen LogP contribution in [0.1, 0.15) is 40.1 Å². The standard InChI is InChI=1S/C23H26N2O9/c1-4-32-19-7-6-15(10-20(19)33-5-2)8-9-24-21(26)14-34-23(28)17-11-16(22(27)31-3)12-18(13-17)25(29)30/h6-7,10-13H,4-5,8-9,14H2,1-3H3,(H,24,26). The number of carbonyl (C=O) groups is 3. The summed E-state index contributed by atoms with van der Waals surface area (Å²) in [7, 11) is 1.11. The van der Waals surface area contributed by atoms with Gasteiger partial charge in [-0.2, -0.15) is 0 Å². The van der Waals surface area contributed by atoms with E-state index in [9.17, 15) is 24.5 Å². The Labute approximate surface area is 196 Å². The predicted molar refractivity (Wildman–Crippen MR) is 120 cm³/mol. The van der Waals surface area contributed by atoms with Crippen LogP contribution in [-0.2, 0) is 20.7 Å². The highest BCUT2D eigenvalue weighted by Crippen LogP contribution is 2.28. The Kier molecular flexibility index (Phi) is 9.81. The third-order valence-corrected chi connectivity index (χ3v) is 4.46. The van der Waals surface area contributed by atoms with E-state index in [4.69, 9.17) is 14.2 Å². The van der Waals surface area contributed by atoms with E-state index < -0.39 is 35.1 Å². The third-order valence-electron chi connectivity index (χ3n) is 4.46. The molecule has 11 heteroatoms. The number of carbonyl (C=O) groups excluding carboxylic acids is 3. The van der Waals surface area contributed by atoms with Crippen LogP contribution in [0.15, 0.2) is 36.4 Å². The van der Waals surface area contributed by atoms with E-state index in [-0.39, 0.29) is 17.7 Å². The molecule has 2 aromatic carbocycles. The number of hydrogen-bond donors (Lipinski definition) is 1. The molecule has 0 atom stereocenters. The zero-order valence-electron chi connectivity index (χ0n) is 19.1. The normalized spacial score (nSPS) is 10.2. The zero-order valence-corrected chi connectivity index (χ0v) is 19.1. The molecule has 0 aliphatic carbocycles. The first-order chi connectivity index (χ1) is 16.3. The number of hydrogen-bond acceptors (Lipinski definition) is 9. The molecule has 1 N–H and O–H groups in total. The van der Waals surface area contributed by atoms with Gasteiger partial charge < -0.3 is 24.3 Å². The molecule has 0 aromatic heterocycles. The number of rotatable bonds is 12. The molecular weight excluding hydrogens is 448 g/mol. The van der Waals surface area contributed by atoms with Gasteiger partial charge in [-0.05, 0) is 44.0 Å². The third kappa shape index (κ3) is 7.47. The lowest BCUT2D eigenvalue weighted by atomic mass is 10.1. The first kappa shape index (κ1) is 26.1. The van der Waals surface area contributed by atoms with Gasteiger partial charge >= 0.3 is 11.9 Å². The first-order valence-electron chi connectivity index (χ1n) is 10.5. The van der Waals surface area contributed by atoms with Crippen LogP contribution in [0.4, 0.5) is 5.69 Å². The van der Waals surface area contributed by atoms with E-state index in [0.29, 0.717) is 31.1 Å². The summed E-state index contributed by atoms with van der Waals surface area (Å²) in [5.41, 5.74) is -0.00710. The van der Waals surface area contributed by atoms with Gasteiger partial charge in [-0.15, -0.1) is 0 Å². The second-order valence-electron chi connectivity index (χ2n) is 6.84. The van der Waals surface area contributed by atoms with Crippen molar-refractivity contribution in [1.29, 1.82) is 0 Å². The van der Waals surface area contributed by atoms with Crippen molar-refractivity contribution in [2.75, 3.05) is 33.5 Å². The Bertz CT molecular complexity index is 1050. The number of nitrogens with one attached hydrogen (secondary N) is 1. The summed E-state index contributed by atoms with van der Waals surface area (Å²) < 4.78 is 20.6. The summed E-state index contributed by atoms with van der Waals surface area (Å²) >= 11 is 0. The maximum Gasteiger partial charge on any atom is 0.338 e. The molecule has 182 valence electrons. The van der Waals surface area contributed by atoms with Gasteiger partial charge in [0.15, 0.2) is 18.1 Å². The molecule has 0 heterocycles. The lowest BCUT2D eigenvalue weighted by Crippen LogP contribution is -2.30. The van der Waals surface area contributed by atoms with Crippen LogP contribution in [-0.4, -0.2) is 56.2 Å². The molecule has 11 nitrogen and oxygen atoms in total.